The van der Waals surface area contributed by atoms with Gasteiger partial charge >= 0.3 is 0 Å². The van der Waals surface area contributed by atoms with Crippen LogP contribution in [0.1, 0.15) is 0 Å². The van der Waals surface area contributed by atoms with E-state index in [1.54, 1.807) is 39.7 Å². The first-order valence-corrected chi connectivity index (χ1v) is 8.96. The summed E-state index contributed by atoms with van der Waals surface area (Å²) in [6.07, 6.45) is 1.69. The number of anilines is 2. The number of methoxy groups -OCH3 is 3. The zero-order chi connectivity index (χ0) is 20.9. The van der Waals surface area contributed by atoms with Crippen LogP contribution in [0.25, 0.3) is 22.6 Å². The van der Waals surface area contributed by atoms with Gasteiger partial charge in [-0.1, -0.05) is 24.3 Å². The average Bonchev–Trinajstić information content (AvgIpc) is 3.33. The van der Waals surface area contributed by atoms with Gasteiger partial charge in [-0.2, -0.15) is 5.21 Å². The van der Waals surface area contributed by atoms with Crippen LogP contribution in [0.5, 0.6) is 17.2 Å². The van der Waals surface area contributed by atoms with E-state index in [1.165, 1.54) is 0 Å². The van der Waals surface area contributed by atoms with E-state index in [1.807, 2.05) is 30.3 Å². The van der Waals surface area contributed by atoms with Crippen LogP contribution in [0.4, 0.5) is 11.6 Å². The molecular weight excluding hydrogens is 386 g/mol. The zero-order valence-corrected chi connectivity index (χ0v) is 16.6. The van der Waals surface area contributed by atoms with Crippen molar-refractivity contribution in [3.8, 4) is 39.9 Å². The SMILES string of the molecule is COc1cc(Nc2nccc(-c3ccc(-c4nn[nH]n4)cc3)n2)cc(OC)c1OC. The second-order valence-electron chi connectivity index (χ2n) is 6.12. The molecule has 0 unspecified atom stereocenters. The van der Waals surface area contributed by atoms with Crippen LogP contribution in [0.3, 0.4) is 0 Å². The summed E-state index contributed by atoms with van der Waals surface area (Å²) < 4.78 is 16.1. The van der Waals surface area contributed by atoms with Gasteiger partial charge in [-0.05, 0) is 11.3 Å². The number of hydrogen-bond donors (Lipinski definition) is 2. The minimum Gasteiger partial charge on any atom is -0.493 e. The molecule has 10 heteroatoms. The summed E-state index contributed by atoms with van der Waals surface area (Å²) in [7, 11) is 4.69. The van der Waals surface area contributed by atoms with Gasteiger partial charge in [0.1, 0.15) is 0 Å². The molecule has 0 fully saturated rings. The fourth-order valence-corrected chi connectivity index (χ4v) is 2.94. The molecule has 4 aromatic rings. The fourth-order valence-electron chi connectivity index (χ4n) is 2.94. The highest BCUT2D eigenvalue weighted by atomic mass is 16.5. The zero-order valence-electron chi connectivity index (χ0n) is 16.6. The van der Waals surface area contributed by atoms with Gasteiger partial charge in [-0.15, -0.1) is 10.2 Å². The van der Waals surface area contributed by atoms with Gasteiger partial charge in [-0.3, -0.25) is 0 Å². The van der Waals surface area contributed by atoms with E-state index in [0.717, 1.165) is 16.8 Å². The smallest absolute Gasteiger partial charge is 0.227 e. The minimum absolute atomic E-state index is 0.434. The van der Waals surface area contributed by atoms with E-state index in [-0.39, 0.29) is 0 Å². The normalized spacial score (nSPS) is 10.5. The van der Waals surface area contributed by atoms with Crippen molar-refractivity contribution >= 4 is 11.6 Å². The highest BCUT2D eigenvalue weighted by molar-refractivity contribution is 5.68. The van der Waals surface area contributed by atoms with Gasteiger partial charge in [0.2, 0.25) is 17.5 Å². The lowest BCUT2D eigenvalue weighted by Crippen LogP contribution is -2.00. The lowest BCUT2D eigenvalue weighted by molar-refractivity contribution is 0.324. The van der Waals surface area contributed by atoms with Crippen LogP contribution >= 0.6 is 0 Å². The maximum atomic E-state index is 5.39. The Morgan fingerprint density at radius 3 is 2.17 bits per heavy atom. The van der Waals surface area contributed by atoms with Crippen LogP contribution in [-0.4, -0.2) is 51.9 Å². The van der Waals surface area contributed by atoms with Crippen molar-refractivity contribution in [1.29, 1.82) is 0 Å². The van der Waals surface area contributed by atoms with Crippen molar-refractivity contribution in [2.24, 2.45) is 0 Å². The molecule has 0 saturated carbocycles. The topological polar surface area (TPSA) is 120 Å². The van der Waals surface area contributed by atoms with E-state index in [4.69, 9.17) is 14.2 Å². The Labute approximate surface area is 172 Å². The maximum absolute atomic E-state index is 5.39. The molecule has 2 N–H and O–H groups in total. The molecule has 0 spiro atoms. The van der Waals surface area contributed by atoms with E-state index in [2.05, 4.69) is 35.9 Å². The predicted molar refractivity (Wildman–Crippen MR) is 110 cm³/mol. The molecule has 152 valence electrons. The van der Waals surface area contributed by atoms with Crippen molar-refractivity contribution in [2.75, 3.05) is 26.6 Å². The number of benzene rings is 2. The number of ether oxygens (including phenoxy) is 3. The molecule has 0 aliphatic carbocycles. The molecule has 0 saturated heterocycles. The second-order valence-corrected chi connectivity index (χ2v) is 6.12. The molecule has 4 rings (SSSR count). The van der Waals surface area contributed by atoms with Crippen LogP contribution in [-0.2, 0) is 0 Å². The van der Waals surface area contributed by atoms with Crippen LogP contribution in [0.15, 0.2) is 48.7 Å². The van der Waals surface area contributed by atoms with E-state index < -0.39 is 0 Å². The van der Waals surface area contributed by atoms with Crippen LogP contribution in [0, 0.1) is 0 Å². The molecule has 0 radical (unpaired) electrons. The number of nitrogens with one attached hydrogen (secondary N) is 2. The van der Waals surface area contributed by atoms with Crippen molar-refractivity contribution < 1.29 is 14.2 Å². The van der Waals surface area contributed by atoms with E-state index in [9.17, 15) is 0 Å². The molecular formula is C20H19N7O3. The number of tetrazole rings is 1. The lowest BCUT2D eigenvalue weighted by atomic mass is 10.1. The molecule has 0 amide bonds. The summed E-state index contributed by atoms with van der Waals surface area (Å²) in [5.74, 6) is 2.56. The Morgan fingerprint density at radius 1 is 0.867 bits per heavy atom. The molecule has 0 bridgehead atoms. The van der Waals surface area contributed by atoms with Gasteiger partial charge < -0.3 is 19.5 Å². The molecule has 10 nitrogen and oxygen atoms in total. The molecule has 2 aromatic carbocycles. The highest BCUT2D eigenvalue weighted by Gasteiger charge is 2.14. The first-order valence-electron chi connectivity index (χ1n) is 8.96. The Hall–Kier alpha value is -4.21. The highest BCUT2D eigenvalue weighted by Crippen LogP contribution is 2.40. The fraction of sp³-hybridized carbons (Fsp3) is 0.150. The minimum atomic E-state index is 0.434. The monoisotopic (exact) mass is 405 g/mol. The molecule has 2 aromatic heterocycles. The molecule has 0 aliphatic rings. The summed E-state index contributed by atoms with van der Waals surface area (Å²) in [6.45, 7) is 0. The maximum Gasteiger partial charge on any atom is 0.227 e. The van der Waals surface area contributed by atoms with Crippen LogP contribution in [0.2, 0.25) is 0 Å². The Bertz CT molecular complexity index is 1110. The summed E-state index contributed by atoms with van der Waals surface area (Å²) in [5.41, 5.74) is 3.25. The van der Waals surface area contributed by atoms with Crippen molar-refractivity contribution in [2.45, 2.75) is 0 Å². The molecule has 30 heavy (non-hydrogen) atoms. The quantitative estimate of drug-likeness (QED) is 0.478. The largest absolute Gasteiger partial charge is 0.493 e. The summed E-state index contributed by atoms with van der Waals surface area (Å²) in [5, 5.41) is 17.2. The van der Waals surface area contributed by atoms with Crippen molar-refractivity contribution in [3.05, 3.63) is 48.7 Å². The number of aromatic nitrogens is 6. The van der Waals surface area contributed by atoms with Gasteiger partial charge in [-0.25, -0.2) is 9.97 Å². The third-order valence-electron chi connectivity index (χ3n) is 4.36. The third kappa shape index (κ3) is 3.83. The van der Waals surface area contributed by atoms with Gasteiger partial charge in [0.15, 0.2) is 11.5 Å². The summed E-state index contributed by atoms with van der Waals surface area (Å²) in [6, 6.07) is 13.1. The standard InChI is InChI=1S/C20H19N7O3/c1-28-16-10-14(11-17(29-2)18(16)30-3)22-20-21-9-8-15(23-20)12-4-6-13(7-5-12)19-24-26-27-25-19/h4-11H,1-3H3,(H,21,22,23)(H,24,25,26,27). The predicted octanol–water partition coefficient (Wildman–Crippen LogP) is 3.09. The van der Waals surface area contributed by atoms with E-state index in [0.29, 0.717) is 34.7 Å². The number of hydrogen-bond acceptors (Lipinski definition) is 9. The van der Waals surface area contributed by atoms with Gasteiger partial charge in [0.05, 0.1) is 27.0 Å². The Morgan fingerprint density at radius 2 is 1.57 bits per heavy atom. The average molecular weight is 405 g/mol. The molecule has 0 atom stereocenters. The Balaban J connectivity index is 1.60. The Kier molecular flexibility index (Phi) is 5.37. The first-order chi connectivity index (χ1) is 14.7. The number of rotatable bonds is 7. The summed E-state index contributed by atoms with van der Waals surface area (Å²) in [4.78, 5) is 8.90. The van der Waals surface area contributed by atoms with Crippen molar-refractivity contribution in [3.63, 3.8) is 0 Å². The second kappa shape index (κ2) is 8.43. The molecule has 2 heterocycles. The summed E-state index contributed by atoms with van der Waals surface area (Å²) >= 11 is 0. The first kappa shape index (κ1) is 19.1. The van der Waals surface area contributed by atoms with Crippen molar-refractivity contribution in [1.82, 2.24) is 30.6 Å². The van der Waals surface area contributed by atoms with Gasteiger partial charge in [0.25, 0.3) is 0 Å². The third-order valence-corrected chi connectivity index (χ3v) is 4.36. The van der Waals surface area contributed by atoms with Gasteiger partial charge in [0, 0.05) is 35.1 Å². The van der Waals surface area contributed by atoms with E-state index >= 15 is 0 Å². The lowest BCUT2D eigenvalue weighted by Gasteiger charge is -2.14. The van der Waals surface area contributed by atoms with Crippen LogP contribution < -0.4 is 19.5 Å². The number of H-pyrrole nitrogens is 1. The molecule has 0 aliphatic heterocycles. The number of nitrogens with zero attached hydrogens (tertiary/aromatic N) is 5. The number of aromatic amines is 1.